The van der Waals surface area contributed by atoms with Crippen LogP contribution in [0.5, 0.6) is 5.75 Å². The van der Waals surface area contributed by atoms with E-state index in [0.717, 1.165) is 0 Å². The second-order valence-electron chi connectivity index (χ2n) is 6.30. The minimum atomic E-state index is -0.553. The lowest BCUT2D eigenvalue weighted by molar-refractivity contribution is -0.130. The molecule has 1 rings (SSSR count). The molecule has 0 atom stereocenters. The highest BCUT2D eigenvalue weighted by molar-refractivity contribution is 6.30. The Hall–Kier alpha value is -1.95. The van der Waals surface area contributed by atoms with Gasteiger partial charge in [-0.3, -0.25) is 4.79 Å². The Morgan fingerprint density at radius 3 is 2.62 bits per heavy atom. The number of amides is 2. The van der Waals surface area contributed by atoms with Crippen molar-refractivity contribution < 1.29 is 19.1 Å². The van der Waals surface area contributed by atoms with Crippen LogP contribution in [-0.2, 0) is 9.53 Å². The van der Waals surface area contributed by atoms with Crippen LogP contribution in [0.4, 0.5) is 4.79 Å². The van der Waals surface area contributed by atoms with Gasteiger partial charge in [0.15, 0.2) is 0 Å². The topological polar surface area (TPSA) is 67.9 Å². The number of ether oxygens (including phenoxy) is 2. The Morgan fingerprint density at radius 1 is 1.29 bits per heavy atom. The summed E-state index contributed by atoms with van der Waals surface area (Å²) in [4.78, 5) is 25.0. The third-order valence-electron chi connectivity index (χ3n) is 2.92. The molecule has 0 saturated carbocycles. The van der Waals surface area contributed by atoms with Crippen molar-refractivity contribution in [3.05, 3.63) is 29.3 Å². The zero-order valence-corrected chi connectivity index (χ0v) is 15.4. The van der Waals surface area contributed by atoms with Gasteiger partial charge in [0.05, 0.1) is 6.54 Å². The van der Waals surface area contributed by atoms with Crippen molar-refractivity contribution >= 4 is 23.6 Å². The van der Waals surface area contributed by atoms with Gasteiger partial charge in [0.25, 0.3) is 0 Å². The fourth-order valence-corrected chi connectivity index (χ4v) is 1.94. The second-order valence-corrected chi connectivity index (χ2v) is 6.74. The van der Waals surface area contributed by atoms with E-state index in [0.29, 0.717) is 23.9 Å². The molecule has 24 heavy (non-hydrogen) atoms. The number of benzene rings is 1. The zero-order valence-electron chi connectivity index (χ0n) is 14.6. The van der Waals surface area contributed by atoms with Crippen LogP contribution >= 0.6 is 11.6 Å². The van der Waals surface area contributed by atoms with Gasteiger partial charge in [0, 0.05) is 25.0 Å². The van der Waals surface area contributed by atoms with E-state index in [9.17, 15) is 9.59 Å². The molecule has 1 N–H and O–H groups in total. The molecule has 1 aromatic rings. The molecular weight excluding hydrogens is 332 g/mol. The lowest BCUT2D eigenvalue weighted by atomic mass is 10.2. The average molecular weight is 357 g/mol. The van der Waals surface area contributed by atoms with Crippen molar-refractivity contribution in [2.45, 2.75) is 32.8 Å². The molecule has 0 aliphatic rings. The summed E-state index contributed by atoms with van der Waals surface area (Å²) in [5.74, 6) is 0.579. The molecule has 0 fully saturated rings. The number of alkyl carbamates (subject to hydrolysis) is 1. The minimum absolute atomic E-state index is 0.0826. The van der Waals surface area contributed by atoms with E-state index in [4.69, 9.17) is 21.1 Å². The lowest BCUT2D eigenvalue weighted by Gasteiger charge is -2.20. The SMILES string of the molecule is CN(CCOc1cccc(Cl)c1)C(=O)CCNC(=O)OC(C)(C)C. The van der Waals surface area contributed by atoms with Crippen LogP contribution in [0, 0.1) is 0 Å². The van der Waals surface area contributed by atoms with E-state index >= 15 is 0 Å². The van der Waals surface area contributed by atoms with Crippen molar-refractivity contribution in [2.24, 2.45) is 0 Å². The number of carbonyl (C=O) groups excluding carboxylic acids is 2. The van der Waals surface area contributed by atoms with Gasteiger partial charge in [-0.1, -0.05) is 17.7 Å². The molecule has 0 unspecified atom stereocenters. The van der Waals surface area contributed by atoms with E-state index in [1.807, 2.05) is 0 Å². The predicted molar refractivity (Wildman–Crippen MR) is 93.4 cm³/mol. The molecule has 0 heterocycles. The van der Waals surface area contributed by atoms with Gasteiger partial charge in [-0.05, 0) is 39.0 Å². The summed E-state index contributed by atoms with van der Waals surface area (Å²) in [5.41, 5.74) is -0.553. The molecule has 7 heteroatoms. The Labute approximate surface area is 148 Å². The number of hydrogen-bond donors (Lipinski definition) is 1. The highest BCUT2D eigenvalue weighted by Crippen LogP contribution is 2.16. The van der Waals surface area contributed by atoms with E-state index in [1.165, 1.54) is 0 Å². The molecule has 0 spiro atoms. The third-order valence-corrected chi connectivity index (χ3v) is 3.16. The van der Waals surface area contributed by atoms with Crippen LogP contribution in [0.15, 0.2) is 24.3 Å². The van der Waals surface area contributed by atoms with Gasteiger partial charge >= 0.3 is 6.09 Å². The first-order valence-electron chi connectivity index (χ1n) is 7.76. The van der Waals surface area contributed by atoms with Crippen molar-refractivity contribution in [3.63, 3.8) is 0 Å². The van der Waals surface area contributed by atoms with Crippen molar-refractivity contribution in [1.82, 2.24) is 10.2 Å². The molecule has 0 saturated heterocycles. The van der Waals surface area contributed by atoms with Crippen LogP contribution in [-0.4, -0.2) is 49.2 Å². The van der Waals surface area contributed by atoms with Crippen LogP contribution in [0.25, 0.3) is 0 Å². The fraction of sp³-hybridized carbons (Fsp3) is 0.529. The third kappa shape index (κ3) is 8.62. The fourth-order valence-electron chi connectivity index (χ4n) is 1.76. The van der Waals surface area contributed by atoms with Crippen LogP contribution in [0.2, 0.25) is 5.02 Å². The average Bonchev–Trinajstić information content (AvgIpc) is 2.45. The summed E-state index contributed by atoms with van der Waals surface area (Å²) < 4.78 is 10.6. The van der Waals surface area contributed by atoms with Crippen molar-refractivity contribution in [3.8, 4) is 5.75 Å². The molecule has 2 amide bonds. The number of likely N-dealkylation sites (N-methyl/N-ethyl adjacent to an activating group) is 1. The number of rotatable bonds is 7. The van der Waals surface area contributed by atoms with E-state index in [-0.39, 0.29) is 18.9 Å². The van der Waals surface area contributed by atoms with Gasteiger partial charge < -0.3 is 19.7 Å². The minimum Gasteiger partial charge on any atom is -0.492 e. The second kappa shape index (κ2) is 9.37. The number of halogens is 1. The van der Waals surface area contributed by atoms with Crippen LogP contribution in [0.1, 0.15) is 27.2 Å². The maximum absolute atomic E-state index is 12.0. The molecule has 134 valence electrons. The number of carbonyl (C=O) groups is 2. The van der Waals surface area contributed by atoms with Gasteiger partial charge in [-0.25, -0.2) is 4.79 Å². The van der Waals surface area contributed by atoms with E-state index in [2.05, 4.69) is 5.32 Å². The maximum atomic E-state index is 12.0. The molecule has 6 nitrogen and oxygen atoms in total. The molecule has 1 aromatic carbocycles. The molecule has 0 aliphatic heterocycles. The standard InChI is InChI=1S/C17H25ClN2O4/c1-17(2,3)24-16(22)19-9-8-15(21)20(4)10-11-23-14-7-5-6-13(18)12-14/h5-7,12H,8-11H2,1-4H3,(H,19,22). The van der Waals surface area contributed by atoms with Crippen LogP contribution in [0.3, 0.4) is 0 Å². The highest BCUT2D eigenvalue weighted by atomic mass is 35.5. The Bertz CT molecular complexity index is 558. The maximum Gasteiger partial charge on any atom is 0.407 e. The Balaban J connectivity index is 2.21. The summed E-state index contributed by atoms with van der Waals surface area (Å²) in [6.07, 6.45) is -0.324. The first kappa shape index (κ1) is 20.1. The quantitative estimate of drug-likeness (QED) is 0.815. The Kier molecular flexibility index (Phi) is 7.85. The summed E-state index contributed by atoms with van der Waals surface area (Å²) in [6.45, 7) is 6.38. The zero-order chi connectivity index (χ0) is 18.2. The van der Waals surface area contributed by atoms with Gasteiger partial charge in [0.2, 0.25) is 5.91 Å². The smallest absolute Gasteiger partial charge is 0.407 e. The lowest BCUT2D eigenvalue weighted by Crippen LogP contribution is -2.36. The number of nitrogens with one attached hydrogen (secondary N) is 1. The van der Waals surface area contributed by atoms with Crippen molar-refractivity contribution in [2.75, 3.05) is 26.7 Å². The number of hydrogen-bond acceptors (Lipinski definition) is 4. The largest absolute Gasteiger partial charge is 0.492 e. The van der Waals surface area contributed by atoms with Crippen molar-refractivity contribution in [1.29, 1.82) is 0 Å². The molecule has 0 bridgehead atoms. The summed E-state index contributed by atoms with van der Waals surface area (Å²) in [5, 5.41) is 3.16. The number of nitrogens with zero attached hydrogens (tertiary/aromatic N) is 1. The van der Waals surface area contributed by atoms with Gasteiger partial charge in [0.1, 0.15) is 18.0 Å². The van der Waals surface area contributed by atoms with Gasteiger partial charge in [-0.15, -0.1) is 0 Å². The normalized spacial score (nSPS) is 10.9. The van der Waals surface area contributed by atoms with E-state index < -0.39 is 11.7 Å². The summed E-state index contributed by atoms with van der Waals surface area (Å²) in [7, 11) is 1.69. The first-order valence-corrected chi connectivity index (χ1v) is 8.14. The predicted octanol–water partition coefficient (Wildman–Crippen LogP) is 3.09. The summed E-state index contributed by atoms with van der Waals surface area (Å²) >= 11 is 5.87. The van der Waals surface area contributed by atoms with Crippen LogP contribution < -0.4 is 10.1 Å². The summed E-state index contributed by atoms with van der Waals surface area (Å²) in [6, 6.07) is 7.09. The Morgan fingerprint density at radius 2 is 2.00 bits per heavy atom. The highest BCUT2D eigenvalue weighted by Gasteiger charge is 2.16. The molecular formula is C17H25ClN2O4. The van der Waals surface area contributed by atoms with Gasteiger partial charge in [-0.2, -0.15) is 0 Å². The van der Waals surface area contributed by atoms with E-state index in [1.54, 1.807) is 57.0 Å². The molecule has 0 radical (unpaired) electrons. The molecule has 0 aliphatic carbocycles. The first-order chi connectivity index (χ1) is 11.2. The molecule has 0 aromatic heterocycles. The monoisotopic (exact) mass is 356 g/mol.